The van der Waals surface area contributed by atoms with E-state index in [2.05, 4.69) is 5.32 Å². The number of nitrogens with zero attached hydrogens (tertiary/aromatic N) is 1. The predicted molar refractivity (Wildman–Crippen MR) is 79.9 cm³/mol. The highest BCUT2D eigenvalue weighted by atomic mass is 16.5. The lowest BCUT2D eigenvalue weighted by Gasteiger charge is -2.33. The topological polar surface area (TPSA) is 78.9 Å². The molecule has 1 aromatic rings. The van der Waals surface area contributed by atoms with E-state index in [4.69, 9.17) is 9.84 Å². The average Bonchev–Trinajstić information content (AvgIpc) is 2.55. The molecular formula is C16H20N2O4. The van der Waals surface area contributed by atoms with Gasteiger partial charge < -0.3 is 20.1 Å². The Hall–Kier alpha value is -2.24. The zero-order chi connectivity index (χ0) is 15.5. The molecule has 0 spiro atoms. The molecule has 118 valence electrons. The van der Waals surface area contributed by atoms with Crippen LogP contribution < -0.4 is 10.1 Å². The van der Waals surface area contributed by atoms with E-state index in [9.17, 15) is 9.59 Å². The molecule has 1 saturated heterocycles. The number of amides is 2. The van der Waals surface area contributed by atoms with Crippen LogP contribution in [0.15, 0.2) is 24.3 Å². The molecule has 0 aromatic heterocycles. The number of rotatable bonds is 2. The Morgan fingerprint density at radius 2 is 1.95 bits per heavy atom. The number of nitrogens with one attached hydrogen (secondary N) is 1. The van der Waals surface area contributed by atoms with Crippen molar-refractivity contribution < 1.29 is 19.4 Å². The number of urea groups is 1. The minimum absolute atomic E-state index is 0.0420. The highest BCUT2D eigenvalue weighted by molar-refractivity contribution is 5.75. The summed E-state index contributed by atoms with van der Waals surface area (Å²) >= 11 is 0. The first-order chi connectivity index (χ1) is 10.6. The van der Waals surface area contributed by atoms with Gasteiger partial charge in [0.2, 0.25) is 0 Å². The number of fused-ring (bicyclic) bond motifs is 1. The van der Waals surface area contributed by atoms with Crippen LogP contribution in [0.2, 0.25) is 0 Å². The lowest BCUT2D eigenvalue weighted by atomic mass is 9.97. The summed E-state index contributed by atoms with van der Waals surface area (Å²) in [4.78, 5) is 24.9. The number of carbonyl (C=O) groups is 2. The number of aliphatic carboxylic acids is 1. The molecule has 0 radical (unpaired) electrons. The number of piperidine rings is 1. The van der Waals surface area contributed by atoms with Crippen LogP contribution in [0.3, 0.4) is 0 Å². The van der Waals surface area contributed by atoms with Crippen molar-refractivity contribution in [1.29, 1.82) is 0 Å². The summed E-state index contributed by atoms with van der Waals surface area (Å²) in [6.45, 7) is 1.45. The summed E-state index contributed by atoms with van der Waals surface area (Å²) < 4.78 is 5.66. The maximum absolute atomic E-state index is 12.3. The number of benzene rings is 1. The van der Waals surface area contributed by atoms with Crippen LogP contribution in [-0.4, -0.2) is 47.7 Å². The Morgan fingerprint density at radius 1 is 1.23 bits per heavy atom. The van der Waals surface area contributed by atoms with Crippen molar-refractivity contribution in [3.63, 3.8) is 0 Å². The van der Waals surface area contributed by atoms with E-state index in [-0.39, 0.29) is 18.0 Å². The molecule has 2 amide bonds. The second-order valence-corrected chi connectivity index (χ2v) is 5.87. The van der Waals surface area contributed by atoms with Crippen molar-refractivity contribution in [2.75, 3.05) is 19.7 Å². The lowest BCUT2D eigenvalue weighted by molar-refractivity contribution is -0.143. The SMILES string of the molecule is O=C(O)C1CCN(C(=O)NC2COc3ccccc3C2)CC1. The quantitative estimate of drug-likeness (QED) is 0.868. The van der Waals surface area contributed by atoms with Gasteiger partial charge in [0.1, 0.15) is 12.4 Å². The van der Waals surface area contributed by atoms with E-state index in [1.807, 2.05) is 24.3 Å². The van der Waals surface area contributed by atoms with Crippen molar-refractivity contribution in [2.24, 2.45) is 5.92 Å². The summed E-state index contributed by atoms with van der Waals surface area (Å²) in [6, 6.07) is 7.67. The summed E-state index contributed by atoms with van der Waals surface area (Å²) in [5.41, 5.74) is 1.10. The molecule has 0 saturated carbocycles. The Morgan fingerprint density at radius 3 is 2.68 bits per heavy atom. The van der Waals surface area contributed by atoms with E-state index in [1.54, 1.807) is 4.90 Å². The van der Waals surface area contributed by atoms with Gasteiger partial charge in [-0.2, -0.15) is 0 Å². The molecule has 2 aliphatic rings. The molecule has 1 fully saturated rings. The minimum atomic E-state index is -0.766. The van der Waals surface area contributed by atoms with Crippen LogP contribution in [0.5, 0.6) is 5.75 Å². The predicted octanol–water partition coefficient (Wildman–Crippen LogP) is 1.50. The molecule has 3 rings (SSSR count). The number of carbonyl (C=O) groups excluding carboxylic acids is 1. The third kappa shape index (κ3) is 3.16. The highest BCUT2D eigenvalue weighted by Gasteiger charge is 2.29. The molecule has 1 unspecified atom stereocenters. The van der Waals surface area contributed by atoms with Gasteiger partial charge in [-0.1, -0.05) is 18.2 Å². The Bertz CT molecular complexity index is 567. The number of para-hydroxylation sites is 1. The van der Waals surface area contributed by atoms with Gasteiger partial charge >= 0.3 is 12.0 Å². The molecule has 1 aromatic carbocycles. The average molecular weight is 304 g/mol. The monoisotopic (exact) mass is 304 g/mol. The van der Waals surface area contributed by atoms with Gasteiger partial charge in [-0.15, -0.1) is 0 Å². The fraction of sp³-hybridized carbons (Fsp3) is 0.500. The van der Waals surface area contributed by atoms with Crippen LogP contribution in [-0.2, 0) is 11.2 Å². The largest absolute Gasteiger partial charge is 0.491 e. The van der Waals surface area contributed by atoms with E-state index < -0.39 is 5.97 Å². The summed E-state index contributed by atoms with van der Waals surface area (Å²) in [5.74, 6) is -0.207. The molecule has 0 bridgehead atoms. The first kappa shape index (κ1) is 14.7. The smallest absolute Gasteiger partial charge is 0.317 e. The molecule has 6 heteroatoms. The normalized spacial score (nSPS) is 21.6. The first-order valence-electron chi connectivity index (χ1n) is 7.62. The summed E-state index contributed by atoms with van der Waals surface area (Å²) in [5, 5.41) is 12.0. The van der Waals surface area contributed by atoms with Crippen LogP contribution >= 0.6 is 0 Å². The van der Waals surface area contributed by atoms with Crippen LogP contribution in [0.4, 0.5) is 4.79 Å². The molecule has 6 nitrogen and oxygen atoms in total. The second kappa shape index (κ2) is 6.25. The summed E-state index contributed by atoms with van der Waals surface area (Å²) in [6.07, 6.45) is 1.80. The van der Waals surface area contributed by atoms with Gasteiger partial charge in [-0.25, -0.2) is 4.79 Å². The number of hydrogen-bond donors (Lipinski definition) is 2. The van der Waals surface area contributed by atoms with Crippen molar-refractivity contribution in [2.45, 2.75) is 25.3 Å². The zero-order valence-electron chi connectivity index (χ0n) is 12.3. The number of carboxylic acid groups (broad SMARTS) is 1. The third-order valence-electron chi connectivity index (χ3n) is 4.34. The van der Waals surface area contributed by atoms with Gasteiger partial charge in [0.15, 0.2) is 0 Å². The van der Waals surface area contributed by atoms with E-state index in [0.29, 0.717) is 32.5 Å². The molecule has 22 heavy (non-hydrogen) atoms. The Balaban J connectivity index is 1.52. The maximum atomic E-state index is 12.3. The van der Waals surface area contributed by atoms with E-state index in [0.717, 1.165) is 17.7 Å². The zero-order valence-corrected chi connectivity index (χ0v) is 12.3. The second-order valence-electron chi connectivity index (χ2n) is 5.87. The van der Waals surface area contributed by atoms with Gasteiger partial charge in [0, 0.05) is 13.1 Å². The van der Waals surface area contributed by atoms with Crippen molar-refractivity contribution in [1.82, 2.24) is 10.2 Å². The van der Waals surface area contributed by atoms with Gasteiger partial charge in [-0.3, -0.25) is 4.79 Å². The summed E-state index contributed by atoms with van der Waals surface area (Å²) in [7, 11) is 0. The molecule has 1 atom stereocenters. The van der Waals surface area contributed by atoms with Gasteiger partial charge in [0.05, 0.1) is 12.0 Å². The Kier molecular flexibility index (Phi) is 4.18. The van der Waals surface area contributed by atoms with E-state index >= 15 is 0 Å². The standard InChI is InChI=1S/C16H20N2O4/c19-15(20)11-5-7-18(8-6-11)16(21)17-13-9-12-3-1-2-4-14(12)22-10-13/h1-4,11,13H,5-10H2,(H,17,21)(H,19,20). The fourth-order valence-corrected chi connectivity index (χ4v) is 3.02. The Labute approximate surface area is 129 Å². The first-order valence-corrected chi connectivity index (χ1v) is 7.62. The maximum Gasteiger partial charge on any atom is 0.317 e. The molecule has 0 aliphatic carbocycles. The molecule has 2 heterocycles. The molecule has 2 aliphatic heterocycles. The van der Waals surface area contributed by atoms with Crippen LogP contribution in [0.1, 0.15) is 18.4 Å². The minimum Gasteiger partial charge on any atom is -0.491 e. The van der Waals surface area contributed by atoms with Crippen LogP contribution in [0.25, 0.3) is 0 Å². The third-order valence-corrected chi connectivity index (χ3v) is 4.34. The number of carboxylic acids is 1. The van der Waals surface area contributed by atoms with Crippen LogP contribution in [0, 0.1) is 5.92 Å². The highest BCUT2D eigenvalue weighted by Crippen LogP contribution is 2.24. The van der Waals surface area contributed by atoms with Crippen molar-refractivity contribution in [3.05, 3.63) is 29.8 Å². The fourth-order valence-electron chi connectivity index (χ4n) is 3.02. The number of likely N-dealkylation sites (tertiary alicyclic amines) is 1. The van der Waals surface area contributed by atoms with Gasteiger partial charge in [0.25, 0.3) is 0 Å². The number of ether oxygens (including phenoxy) is 1. The van der Waals surface area contributed by atoms with Crippen molar-refractivity contribution in [3.8, 4) is 5.75 Å². The molecular weight excluding hydrogens is 284 g/mol. The lowest BCUT2D eigenvalue weighted by Crippen LogP contribution is -2.51. The van der Waals surface area contributed by atoms with E-state index in [1.165, 1.54) is 0 Å². The van der Waals surface area contributed by atoms with Gasteiger partial charge in [-0.05, 0) is 30.9 Å². The number of hydrogen-bond acceptors (Lipinski definition) is 3. The molecule has 2 N–H and O–H groups in total. The van der Waals surface area contributed by atoms with Crippen molar-refractivity contribution >= 4 is 12.0 Å².